The molecule has 29 heavy (non-hydrogen) atoms. The van der Waals surface area contributed by atoms with Crippen molar-refractivity contribution in [1.29, 1.82) is 0 Å². The van der Waals surface area contributed by atoms with Gasteiger partial charge in [-0.05, 0) is 35.3 Å². The SMILES string of the molecule is COc1ccc(CN2C(=O)C(C)C(O)C3=C2CN(Cc2ccccc2)CC3)cc1. The van der Waals surface area contributed by atoms with Crippen LogP contribution in [0.3, 0.4) is 0 Å². The summed E-state index contributed by atoms with van der Waals surface area (Å²) in [7, 11) is 1.65. The molecule has 4 rings (SSSR count). The second kappa shape index (κ2) is 8.39. The van der Waals surface area contributed by atoms with Crippen molar-refractivity contribution in [2.45, 2.75) is 32.5 Å². The average Bonchev–Trinajstić information content (AvgIpc) is 2.76. The molecule has 0 bridgehead atoms. The quantitative estimate of drug-likeness (QED) is 0.849. The number of carbonyl (C=O) groups excluding carboxylic acids is 1. The highest BCUT2D eigenvalue weighted by Crippen LogP contribution is 2.35. The lowest BCUT2D eigenvalue weighted by molar-refractivity contribution is -0.138. The second-order valence-electron chi connectivity index (χ2n) is 7.92. The van der Waals surface area contributed by atoms with E-state index in [9.17, 15) is 9.90 Å². The summed E-state index contributed by atoms with van der Waals surface area (Å²) in [6.07, 6.45) is 0.114. The third-order valence-corrected chi connectivity index (χ3v) is 6.00. The van der Waals surface area contributed by atoms with E-state index in [-0.39, 0.29) is 5.91 Å². The standard InChI is InChI=1S/C24H28N2O3/c1-17-23(27)21-12-13-25(14-18-6-4-3-5-7-18)16-22(21)26(24(17)28)15-19-8-10-20(29-2)11-9-19/h3-11,17,23,27H,12-16H2,1-2H3. The lowest BCUT2D eigenvalue weighted by atomic mass is 9.85. The summed E-state index contributed by atoms with van der Waals surface area (Å²) in [5, 5.41) is 10.7. The van der Waals surface area contributed by atoms with E-state index in [0.717, 1.165) is 42.1 Å². The van der Waals surface area contributed by atoms with Crippen LogP contribution in [-0.4, -0.2) is 47.1 Å². The minimum Gasteiger partial charge on any atom is -0.497 e. The first kappa shape index (κ1) is 19.7. The van der Waals surface area contributed by atoms with Crippen LogP contribution in [0.25, 0.3) is 0 Å². The molecule has 5 heteroatoms. The van der Waals surface area contributed by atoms with Gasteiger partial charge in [-0.3, -0.25) is 9.69 Å². The molecule has 1 amide bonds. The number of methoxy groups -OCH3 is 1. The van der Waals surface area contributed by atoms with Gasteiger partial charge >= 0.3 is 0 Å². The Bertz CT molecular complexity index is 892. The molecule has 2 aromatic carbocycles. The topological polar surface area (TPSA) is 53.0 Å². The zero-order chi connectivity index (χ0) is 20.4. The zero-order valence-corrected chi connectivity index (χ0v) is 17.0. The lowest BCUT2D eigenvalue weighted by Crippen LogP contribution is -2.50. The van der Waals surface area contributed by atoms with Gasteiger partial charge in [0.25, 0.3) is 0 Å². The van der Waals surface area contributed by atoms with Crippen molar-refractivity contribution >= 4 is 5.91 Å². The maximum Gasteiger partial charge on any atom is 0.232 e. The number of nitrogens with zero attached hydrogens (tertiary/aromatic N) is 2. The van der Waals surface area contributed by atoms with Crippen LogP contribution < -0.4 is 4.74 Å². The van der Waals surface area contributed by atoms with E-state index in [0.29, 0.717) is 13.1 Å². The molecular weight excluding hydrogens is 364 g/mol. The van der Waals surface area contributed by atoms with Gasteiger partial charge < -0.3 is 14.7 Å². The Morgan fingerprint density at radius 3 is 2.41 bits per heavy atom. The molecule has 5 nitrogen and oxygen atoms in total. The van der Waals surface area contributed by atoms with Gasteiger partial charge in [0.15, 0.2) is 0 Å². The van der Waals surface area contributed by atoms with E-state index < -0.39 is 12.0 Å². The number of hydrogen-bond donors (Lipinski definition) is 1. The normalized spacial score (nSPS) is 22.6. The van der Waals surface area contributed by atoms with Crippen molar-refractivity contribution in [1.82, 2.24) is 9.80 Å². The molecule has 2 unspecified atom stereocenters. The maximum atomic E-state index is 13.1. The molecule has 1 N–H and O–H groups in total. The molecule has 2 aliphatic heterocycles. The average molecular weight is 392 g/mol. The van der Waals surface area contributed by atoms with E-state index in [4.69, 9.17) is 4.74 Å². The molecule has 2 aromatic rings. The molecule has 0 fully saturated rings. The summed E-state index contributed by atoms with van der Waals surface area (Å²) in [5.74, 6) is 0.385. The molecule has 2 heterocycles. The number of rotatable bonds is 5. The van der Waals surface area contributed by atoms with Gasteiger partial charge in [0, 0.05) is 25.3 Å². The van der Waals surface area contributed by atoms with Crippen molar-refractivity contribution in [2.75, 3.05) is 20.2 Å². The molecule has 0 saturated carbocycles. The monoisotopic (exact) mass is 392 g/mol. The van der Waals surface area contributed by atoms with Gasteiger partial charge in [0.05, 0.1) is 25.7 Å². The first-order chi connectivity index (χ1) is 14.1. The summed E-state index contributed by atoms with van der Waals surface area (Å²) < 4.78 is 5.24. The molecule has 0 aromatic heterocycles. The van der Waals surface area contributed by atoms with E-state index in [1.165, 1.54) is 5.56 Å². The molecule has 2 atom stereocenters. The van der Waals surface area contributed by atoms with Crippen molar-refractivity contribution < 1.29 is 14.6 Å². The van der Waals surface area contributed by atoms with Gasteiger partial charge in [-0.25, -0.2) is 0 Å². The van der Waals surface area contributed by atoms with E-state index >= 15 is 0 Å². The third-order valence-electron chi connectivity index (χ3n) is 6.00. The number of ether oxygens (including phenoxy) is 1. The van der Waals surface area contributed by atoms with Crippen LogP contribution in [0.4, 0.5) is 0 Å². The molecule has 0 aliphatic carbocycles. The van der Waals surface area contributed by atoms with Crippen molar-refractivity contribution in [2.24, 2.45) is 5.92 Å². The first-order valence-corrected chi connectivity index (χ1v) is 10.2. The Balaban J connectivity index is 1.58. The Morgan fingerprint density at radius 2 is 1.72 bits per heavy atom. The largest absolute Gasteiger partial charge is 0.497 e. The van der Waals surface area contributed by atoms with Gasteiger partial charge in [-0.2, -0.15) is 0 Å². The predicted molar refractivity (Wildman–Crippen MR) is 112 cm³/mol. The highest BCUT2D eigenvalue weighted by atomic mass is 16.5. The van der Waals surface area contributed by atoms with Gasteiger partial charge in [0.1, 0.15) is 5.75 Å². The lowest BCUT2D eigenvalue weighted by Gasteiger charge is -2.43. The van der Waals surface area contributed by atoms with Crippen LogP contribution in [0.5, 0.6) is 5.75 Å². The predicted octanol–water partition coefficient (Wildman–Crippen LogP) is 3.19. The Kier molecular flexibility index (Phi) is 5.69. The summed E-state index contributed by atoms with van der Waals surface area (Å²) in [6, 6.07) is 18.2. The smallest absolute Gasteiger partial charge is 0.232 e. The maximum absolute atomic E-state index is 13.1. The van der Waals surface area contributed by atoms with Crippen LogP contribution >= 0.6 is 0 Å². The highest BCUT2D eigenvalue weighted by molar-refractivity contribution is 5.83. The van der Waals surface area contributed by atoms with Crippen LogP contribution in [0.1, 0.15) is 24.5 Å². The van der Waals surface area contributed by atoms with Gasteiger partial charge in [-0.15, -0.1) is 0 Å². The number of aliphatic hydroxyl groups is 1. The molecule has 0 spiro atoms. The summed E-state index contributed by atoms with van der Waals surface area (Å²) in [4.78, 5) is 17.3. The fourth-order valence-electron chi connectivity index (χ4n) is 4.27. The molecule has 0 saturated heterocycles. The first-order valence-electron chi connectivity index (χ1n) is 10.2. The van der Waals surface area contributed by atoms with Crippen molar-refractivity contribution in [3.8, 4) is 5.75 Å². The van der Waals surface area contributed by atoms with Crippen molar-refractivity contribution in [3.63, 3.8) is 0 Å². The number of aliphatic hydroxyl groups excluding tert-OH is 1. The fraction of sp³-hybridized carbons (Fsp3) is 0.375. The molecular formula is C24H28N2O3. The molecule has 0 radical (unpaired) electrons. The Hall–Kier alpha value is -2.63. The van der Waals surface area contributed by atoms with E-state index in [2.05, 4.69) is 29.2 Å². The van der Waals surface area contributed by atoms with Crippen LogP contribution in [0, 0.1) is 5.92 Å². The highest BCUT2D eigenvalue weighted by Gasteiger charge is 2.40. The summed E-state index contributed by atoms with van der Waals surface area (Å²) in [6.45, 7) is 4.75. The molecule has 2 aliphatic rings. The number of amides is 1. The van der Waals surface area contributed by atoms with E-state index in [1.54, 1.807) is 7.11 Å². The van der Waals surface area contributed by atoms with Gasteiger partial charge in [0.2, 0.25) is 5.91 Å². The van der Waals surface area contributed by atoms with Crippen LogP contribution in [0.2, 0.25) is 0 Å². The van der Waals surface area contributed by atoms with Crippen molar-refractivity contribution in [3.05, 3.63) is 77.0 Å². The van der Waals surface area contributed by atoms with Crippen LogP contribution in [0.15, 0.2) is 65.9 Å². The number of carbonyl (C=O) groups is 1. The fourth-order valence-corrected chi connectivity index (χ4v) is 4.27. The molecule has 152 valence electrons. The Morgan fingerprint density at radius 1 is 1.03 bits per heavy atom. The van der Waals surface area contributed by atoms with Crippen LogP contribution in [-0.2, 0) is 17.9 Å². The minimum atomic E-state index is -0.677. The Labute approximate surface area is 172 Å². The minimum absolute atomic E-state index is 0.00590. The zero-order valence-electron chi connectivity index (χ0n) is 17.0. The summed E-state index contributed by atoms with van der Waals surface area (Å²) >= 11 is 0. The number of hydrogen-bond acceptors (Lipinski definition) is 4. The van der Waals surface area contributed by atoms with Gasteiger partial charge in [-0.1, -0.05) is 49.4 Å². The third kappa shape index (κ3) is 4.07. The van der Waals surface area contributed by atoms with E-state index in [1.807, 2.05) is 42.2 Å². The summed E-state index contributed by atoms with van der Waals surface area (Å²) in [5.41, 5.74) is 4.30. The number of benzene rings is 2. The second-order valence-corrected chi connectivity index (χ2v) is 7.92.